The monoisotopic (exact) mass is 258 g/mol. The van der Waals surface area contributed by atoms with Crippen LogP contribution in [0.3, 0.4) is 0 Å². The molecule has 0 aromatic heterocycles. The molecule has 1 aliphatic carbocycles. The van der Waals surface area contributed by atoms with Gasteiger partial charge in [0.05, 0.1) is 27.2 Å². The van der Waals surface area contributed by atoms with Crippen LogP contribution in [0, 0.1) is 17.3 Å². The van der Waals surface area contributed by atoms with E-state index in [1.807, 2.05) is 0 Å². The van der Waals surface area contributed by atoms with Gasteiger partial charge in [-0.2, -0.15) is 0 Å². The normalized spacial score (nSPS) is 25.3. The molecule has 0 bridgehead atoms. The average Bonchev–Trinajstić information content (AvgIpc) is 2.74. The number of hydrogen-bond acceptors (Lipinski definition) is 6. The van der Waals surface area contributed by atoms with Gasteiger partial charge < -0.3 is 14.2 Å². The Morgan fingerprint density at radius 3 is 1.83 bits per heavy atom. The number of esters is 3. The van der Waals surface area contributed by atoms with E-state index in [0.717, 1.165) is 0 Å². The highest BCUT2D eigenvalue weighted by Gasteiger charge is 2.58. The van der Waals surface area contributed by atoms with Gasteiger partial charge in [-0.3, -0.25) is 14.4 Å². The van der Waals surface area contributed by atoms with Gasteiger partial charge in [-0.1, -0.05) is 6.92 Å². The van der Waals surface area contributed by atoms with Crippen molar-refractivity contribution in [2.75, 3.05) is 21.3 Å². The molecule has 0 amide bonds. The third kappa shape index (κ3) is 2.19. The third-order valence-corrected chi connectivity index (χ3v) is 3.58. The second kappa shape index (κ2) is 5.37. The van der Waals surface area contributed by atoms with Crippen molar-refractivity contribution in [2.45, 2.75) is 19.8 Å². The van der Waals surface area contributed by atoms with E-state index in [1.165, 1.54) is 21.3 Å². The van der Waals surface area contributed by atoms with Crippen LogP contribution in [0.2, 0.25) is 0 Å². The van der Waals surface area contributed by atoms with Gasteiger partial charge in [-0.05, 0) is 18.8 Å². The van der Waals surface area contributed by atoms with E-state index in [1.54, 1.807) is 6.92 Å². The summed E-state index contributed by atoms with van der Waals surface area (Å²) < 4.78 is 14.0. The molecule has 0 radical (unpaired) electrons. The standard InChI is InChI=1S/C12H18O6/c1-7-5-12(10(14)17-3,11(15)18-4)6-8(7)9(13)16-2/h7-8H,5-6H2,1-4H3. The third-order valence-electron chi connectivity index (χ3n) is 3.58. The van der Waals surface area contributed by atoms with Gasteiger partial charge >= 0.3 is 17.9 Å². The zero-order valence-corrected chi connectivity index (χ0v) is 11.0. The quantitative estimate of drug-likeness (QED) is 0.417. The summed E-state index contributed by atoms with van der Waals surface area (Å²) in [6, 6.07) is 0. The summed E-state index contributed by atoms with van der Waals surface area (Å²) in [6.07, 6.45) is 0.298. The zero-order chi connectivity index (χ0) is 13.9. The highest BCUT2D eigenvalue weighted by molar-refractivity contribution is 6.01. The van der Waals surface area contributed by atoms with E-state index in [0.29, 0.717) is 0 Å². The lowest BCUT2D eigenvalue weighted by Gasteiger charge is -2.22. The van der Waals surface area contributed by atoms with Gasteiger partial charge in [0, 0.05) is 0 Å². The summed E-state index contributed by atoms with van der Waals surface area (Å²) in [7, 11) is 3.71. The molecule has 0 aromatic rings. The van der Waals surface area contributed by atoms with Gasteiger partial charge in [-0.15, -0.1) is 0 Å². The van der Waals surface area contributed by atoms with Crippen LogP contribution in [0.25, 0.3) is 0 Å². The zero-order valence-electron chi connectivity index (χ0n) is 11.0. The van der Waals surface area contributed by atoms with Crippen LogP contribution in [-0.4, -0.2) is 39.2 Å². The fourth-order valence-corrected chi connectivity index (χ4v) is 2.63. The first-order chi connectivity index (χ1) is 8.42. The molecule has 0 saturated heterocycles. The Labute approximate surface area is 106 Å². The van der Waals surface area contributed by atoms with Gasteiger partial charge in [0.2, 0.25) is 0 Å². The maximum Gasteiger partial charge on any atom is 0.323 e. The van der Waals surface area contributed by atoms with Crippen LogP contribution in [0.15, 0.2) is 0 Å². The Balaban J connectivity index is 3.06. The molecule has 0 N–H and O–H groups in total. The number of rotatable bonds is 3. The minimum Gasteiger partial charge on any atom is -0.469 e. The number of methoxy groups -OCH3 is 3. The van der Waals surface area contributed by atoms with Crippen molar-refractivity contribution in [1.82, 2.24) is 0 Å². The Bertz CT molecular complexity index is 346. The van der Waals surface area contributed by atoms with Gasteiger partial charge in [0.25, 0.3) is 0 Å². The molecule has 6 nitrogen and oxygen atoms in total. The SMILES string of the molecule is COC(=O)C1CC(C(=O)OC)(C(=O)OC)CC1C. The molecule has 0 aromatic carbocycles. The van der Waals surface area contributed by atoms with E-state index in [2.05, 4.69) is 14.2 Å². The fraction of sp³-hybridized carbons (Fsp3) is 0.750. The van der Waals surface area contributed by atoms with Crippen molar-refractivity contribution in [1.29, 1.82) is 0 Å². The molecule has 0 heterocycles. The highest BCUT2D eigenvalue weighted by Crippen LogP contribution is 2.47. The van der Waals surface area contributed by atoms with Crippen LogP contribution in [0.1, 0.15) is 19.8 Å². The Hall–Kier alpha value is -1.59. The van der Waals surface area contributed by atoms with Crippen LogP contribution in [-0.2, 0) is 28.6 Å². The molecule has 1 saturated carbocycles. The number of carbonyl (C=O) groups excluding carboxylic acids is 3. The maximum atomic E-state index is 11.9. The molecule has 6 heteroatoms. The molecule has 2 atom stereocenters. The van der Waals surface area contributed by atoms with Gasteiger partial charge in [0.15, 0.2) is 5.41 Å². The number of hydrogen-bond donors (Lipinski definition) is 0. The molecule has 2 unspecified atom stereocenters. The van der Waals surface area contributed by atoms with Crippen molar-refractivity contribution in [3.05, 3.63) is 0 Å². The molecule has 102 valence electrons. The molecular formula is C12H18O6. The van der Waals surface area contributed by atoms with Crippen LogP contribution >= 0.6 is 0 Å². The average molecular weight is 258 g/mol. The van der Waals surface area contributed by atoms with Gasteiger partial charge in [0.1, 0.15) is 0 Å². The second-order valence-electron chi connectivity index (χ2n) is 4.58. The van der Waals surface area contributed by atoms with E-state index in [-0.39, 0.29) is 18.8 Å². The Kier molecular flexibility index (Phi) is 4.32. The van der Waals surface area contributed by atoms with Gasteiger partial charge in [-0.25, -0.2) is 0 Å². The first kappa shape index (κ1) is 14.5. The summed E-state index contributed by atoms with van der Waals surface area (Å²) in [4.78, 5) is 35.3. The van der Waals surface area contributed by atoms with E-state index < -0.39 is 29.2 Å². The summed E-state index contributed by atoms with van der Waals surface area (Å²) in [5.74, 6) is -2.37. The Morgan fingerprint density at radius 2 is 1.44 bits per heavy atom. The van der Waals surface area contributed by atoms with Crippen molar-refractivity contribution < 1.29 is 28.6 Å². The van der Waals surface area contributed by atoms with Crippen LogP contribution in [0.5, 0.6) is 0 Å². The lowest BCUT2D eigenvalue weighted by atomic mass is 9.85. The molecular weight excluding hydrogens is 240 g/mol. The number of ether oxygens (including phenoxy) is 3. The summed E-state index contributed by atoms with van der Waals surface area (Å²) in [5.41, 5.74) is -1.39. The molecule has 1 fully saturated rings. The van der Waals surface area contributed by atoms with E-state index in [4.69, 9.17) is 0 Å². The van der Waals surface area contributed by atoms with E-state index >= 15 is 0 Å². The summed E-state index contributed by atoms with van der Waals surface area (Å²) in [5, 5.41) is 0. The minimum absolute atomic E-state index is 0.0696. The van der Waals surface area contributed by atoms with Crippen LogP contribution < -0.4 is 0 Å². The summed E-state index contributed by atoms with van der Waals surface area (Å²) >= 11 is 0. The lowest BCUT2D eigenvalue weighted by molar-refractivity contribution is -0.169. The first-order valence-electron chi connectivity index (χ1n) is 5.67. The Morgan fingerprint density at radius 1 is 0.944 bits per heavy atom. The maximum absolute atomic E-state index is 11.9. The highest BCUT2D eigenvalue weighted by atomic mass is 16.5. The van der Waals surface area contributed by atoms with Crippen molar-refractivity contribution in [2.24, 2.45) is 17.3 Å². The predicted molar refractivity (Wildman–Crippen MR) is 60.4 cm³/mol. The van der Waals surface area contributed by atoms with Crippen molar-refractivity contribution in [3.63, 3.8) is 0 Å². The fourth-order valence-electron chi connectivity index (χ4n) is 2.63. The number of carbonyl (C=O) groups is 3. The second-order valence-corrected chi connectivity index (χ2v) is 4.58. The molecule has 18 heavy (non-hydrogen) atoms. The molecule has 0 spiro atoms. The van der Waals surface area contributed by atoms with Crippen molar-refractivity contribution in [3.8, 4) is 0 Å². The molecule has 1 aliphatic rings. The minimum atomic E-state index is -1.39. The van der Waals surface area contributed by atoms with Crippen molar-refractivity contribution >= 4 is 17.9 Å². The topological polar surface area (TPSA) is 78.9 Å². The van der Waals surface area contributed by atoms with Crippen LogP contribution in [0.4, 0.5) is 0 Å². The predicted octanol–water partition coefficient (Wildman–Crippen LogP) is 0.538. The first-order valence-corrected chi connectivity index (χ1v) is 5.67. The largest absolute Gasteiger partial charge is 0.469 e. The van der Waals surface area contributed by atoms with E-state index in [9.17, 15) is 14.4 Å². The molecule has 0 aliphatic heterocycles. The summed E-state index contributed by atoms with van der Waals surface area (Å²) in [6.45, 7) is 1.80. The smallest absolute Gasteiger partial charge is 0.323 e. The lowest BCUT2D eigenvalue weighted by Crippen LogP contribution is -2.39. The molecule has 1 rings (SSSR count).